The van der Waals surface area contributed by atoms with Crippen molar-refractivity contribution in [2.24, 2.45) is 3.77 Å². The summed E-state index contributed by atoms with van der Waals surface area (Å²) < 4.78 is 76.7. The summed E-state index contributed by atoms with van der Waals surface area (Å²) in [6.45, 7) is 0. The minimum atomic E-state index is -5.29. The van der Waals surface area contributed by atoms with E-state index >= 15 is 0 Å². The lowest BCUT2D eigenvalue weighted by atomic mass is 10.4. The molecule has 0 aromatic heterocycles. The van der Waals surface area contributed by atoms with Crippen LogP contribution in [0.4, 0.5) is 13.2 Å². The van der Waals surface area contributed by atoms with Crippen LogP contribution in [0.2, 0.25) is 0 Å². The van der Waals surface area contributed by atoms with Gasteiger partial charge in [0.1, 0.15) is 0 Å². The van der Waals surface area contributed by atoms with Crippen molar-refractivity contribution in [3.63, 3.8) is 0 Å². The van der Waals surface area contributed by atoms with Gasteiger partial charge in [0, 0.05) is 5.88 Å². The summed E-state index contributed by atoms with van der Waals surface area (Å²) in [6.07, 6.45) is -0.0739. The summed E-state index contributed by atoms with van der Waals surface area (Å²) in [4.78, 5) is -0.693. The molecule has 0 bridgehead atoms. The summed E-state index contributed by atoms with van der Waals surface area (Å²) in [5, 5.41) is 0. The molecule has 0 saturated heterocycles. The number of sulfonamides is 1. The number of hydrogen-bond donors (Lipinski definition) is 0. The third kappa shape index (κ3) is 4.10. The highest BCUT2D eigenvalue weighted by atomic mass is 35.5. The third-order valence-electron chi connectivity index (χ3n) is 2.13. The van der Waals surface area contributed by atoms with Crippen molar-refractivity contribution in [2.45, 2.75) is 16.8 Å². The van der Waals surface area contributed by atoms with Crippen LogP contribution in [0.3, 0.4) is 0 Å². The molecule has 0 radical (unpaired) electrons. The van der Waals surface area contributed by atoms with E-state index in [0.29, 0.717) is 0 Å². The Hall–Kier alpha value is -0.800. The highest BCUT2D eigenvalue weighted by Crippen LogP contribution is 2.33. The lowest BCUT2D eigenvalue weighted by Crippen LogP contribution is -2.25. The molecule has 1 rings (SSSR count). The number of nitrogens with zero attached hydrogens (tertiary/aromatic N) is 1. The largest absolute Gasteiger partial charge is 0.484 e. The molecule has 1 aromatic carbocycles. The van der Waals surface area contributed by atoms with E-state index in [1.807, 2.05) is 0 Å². The molecule has 1 aromatic rings. The van der Waals surface area contributed by atoms with Gasteiger partial charge in [0.2, 0.25) is 0 Å². The number of hydrogen-bond acceptors (Lipinski definition) is 3. The Morgan fingerprint density at radius 2 is 1.65 bits per heavy atom. The van der Waals surface area contributed by atoms with E-state index in [-0.39, 0.29) is 12.3 Å². The molecule has 0 saturated carbocycles. The van der Waals surface area contributed by atoms with Crippen LogP contribution in [0.1, 0.15) is 6.42 Å². The van der Waals surface area contributed by atoms with Crippen molar-refractivity contribution in [3.05, 3.63) is 30.3 Å². The minimum Gasteiger partial charge on any atom is -0.235 e. The maximum atomic E-state index is 13.0. The van der Waals surface area contributed by atoms with Gasteiger partial charge in [-0.05, 0) is 18.6 Å². The topological polar surface area (TPSA) is 63.6 Å². The van der Waals surface area contributed by atoms with E-state index in [2.05, 4.69) is 3.77 Å². The van der Waals surface area contributed by atoms with Crippen LogP contribution in [0.5, 0.6) is 0 Å². The molecule has 10 heteroatoms. The summed E-state index contributed by atoms with van der Waals surface area (Å²) in [5.41, 5.74) is -5.29. The van der Waals surface area contributed by atoms with E-state index in [1.165, 1.54) is 18.2 Å². The van der Waals surface area contributed by atoms with Crippen LogP contribution in [-0.4, -0.2) is 29.8 Å². The van der Waals surface area contributed by atoms with Gasteiger partial charge in [-0.25, -0.2) is 12.6 Å². The molecule has 20 heavy (non-hydrogen) atoms. The van der Waals surface area contributed by atoms with E-state index < -0.39 is 35.9 Å². The molecule has 0 aliphatic heterocycles. The maximum absolute atomic E-state index is 13.0. The van der Waals surface area contributed by atoms with Crippen molar-refractivity contribution in [3.8, 4) is 0 Å². The smallest absolute Gasteiger partial charge is 0.235 e. The number of rotatable bonds is 5. The first-order valence-electron chi connectivity index (χ1n) is 5.31. The van der Waals surface area contributed by atoms with Crippen LogP contribution in [0.15, 0.2) is 39.0 Å². The van der Waals surface area contributed by atoms with E-state index in [1.54, 1.807) is 0 Å². The van der Waals surface area contributed by atoms with E-state index in [4.69, 9.17) is 11.6 Å². The lowest BCUT2D eigenvalue weighted by molar-refractivity contribution is -0.0401. The Balaban J connectivity index is 3.47. The first-order valence-corrected chi connectivity index (χ1v) is 8.97. The zero-order valence-corrected chi connectivity index (χ0v) is 12.4. The molecule has 114 valence electrons. The standard InChI is InChI=1S/C10H11ClF3NO3S2/c11-7-4-8-19(16,17)15-20(18,10(12,13)14)9-5-2-1-3-6-9/h1-3,5-6H,4,7-8H2. The Labute approximate surface area is 120 Å². The fraction of sp³-hybridized carbons (Fsp3) is 0.400. The average molecular weight is 350 g/mol. The summed E-state index contributed by atoms with van der Waals surface area (Å²) in [6, 6.07) is 5.72. The zero-order valence-electron chi connectivity index (χ0n) is 10.0. The predicted octanol–water partition coefficient (Wildman–Crippen LogP) is 2.99. The van der Waals surface area contributed by atoms with Gasteiger partial charge in [0.05, 0.1) is 10.6 Å². The van der Waals surface area contributed by atoms with Crippen LogP contribution in [0, 0.1) is 0 Å². The molecule has 1 unspecified atom stereocenters. The van der Waals surface area contributed by atoms with Gasteiger partial charge in [-0.1, -0.05) is 22.0 Å². The summed E-state index contributed by atoms with van der Waals surface area (Å²) in [7, 11) is -9.57. The summed E-state index contributed by atoms with van der Waals surface area (Å²) in [5.74, 6) is -0.732. The van der Waals surface area contributed by atoms with E-state index in [9.17, 15) is 25.8 Å². The second kappa shape index (κ2) is 6.31. The molecule has 0 N–H and O–H groups in total. The Morgan fingerprint density at radius 3 is 2.10 bits per heavy atom. The van der Waals surface area contributed by atoms with Crippen molar-refractivity contribution in [1.82, 2.24) is 0 Å². The Bertz CT molecular complexity index is 665. The minimum absolute atomic E-state index is 0.0483. The van der Waals surface area contributed by atoms with Crippen LogP contribution in [-0.2, 0) is 19.8 Å². The van der Waals surface area contributed by atoms with Gasteiger partial charge >= 0.3 is 5.51 Å². The molecule has 1 atom stereocenters. The van der Waals surface area contributed by atoms with Gasteiger partial charge < -0.3 is 0 Å². The van der Waals surface area contributed by atoms with Crippen molar-refractivity contribution in [1.29, 1.82) is 0 Å². The SMILES string of the molecule is O=S(=O)(CCCCl)N=S(=O)(c1ccccc1)C(F)(F)F. The normalized spacial score (nSPS) is 15.6. The second-order valence-corrected chi connectivity index (χ2v) is 8.22. The number of alkyl halides is 4. The summed E-state index contributed by atoms with van der Waals surface area (Å²) >= 11 is 5.29. The fourth-order valence-corrected chi connectivity index (χ4v) is 5.11. The molecule has 4 nitrogen and oxygen atoms in total. The molecular weight excluding hydrogens is 339 g/mol. The second-order valence-electron chi connectivity index (χ2n) is 3.69. The molecular formula is C10H11ClF3NO3S2. The molecule has 0 fully saturated rings. The molecule has 0 spiro atoms. The average Bonchev–Trinajstić information content (AvgIpc) is 2.35. The molecule has 0 aliphatic rings. The maximum Gasteiger partial charge on any atom is 0.484 e. The van der Waals surface area contributed by atoms with Gasteiger partial charge in [-0.3, -0.25) is 0 Å². The predicted molar refractivity (Wildman–Crippen MR) is 70.5 cm³/mol. The van der Waals surface area contributed by atoms with Crippen LogP contribution in [0.25, 0.3) is 0 Å². The quantitative estimate of drug-likeness (QED) is 0.768. The van der Waals surface area contributed by atoms with Crippen molar-refractivity contribution >= 4 is 31.4 Å². The molecule has 0 heterocycles. The Kier molecular flexibility index (Phi) is 5.45. The number of benzene rings is 1. The van der Waals surface area contributed by atoms with Crippen molar-refractivity contribution < 1.29 is 25.8 Å². The monoisotopic (exact) mass is 349 g/mol. The van der Waals surface area contributed by atoms with Crippen LogP contribution >= 0.6 is 11.6 Å². The van der Waals surface area contributed by atoms with Gasteiger partial charge in [-0.2, -0.15) is 13.2 Å². The zero-order chi connectivity index (χ0) is 15.4. The molecule has 0 aliphatic carbocycles. The Morgan fingerprint density at radius 1 is 1.10 bits per heavy atom. The van der Waals surface area contributed by atoms with Gasteiger partial charge in [0.25, 0.3) is 10.0 Å². The van der Waals surface area contributed by atoms with E-state index in [0.717, 1.165) is 12.1 Å². The van der Waals surface area contributed by atoms with Gasteiger partial charge in [-0.15, -0.1) is 11.6 Å². The highest BCUT2D eigenvalue weighted by molar-refractivity contribution is 8.03. The van der Waals surface area contributed by atoms with Crippen LogP contribution < -0.4 is 0 Å². The lowest BCUT2D eigenvalue weighted by Gasteiger charge is -2.13. The highest BCUT2D eigenvalue weighted by Gasteiger charge is 2.46. The first-order chi connectivity index (χ1) is 9.12. The fourth-order valence-electron chi connectivity index (χ4n) is 1.26. The number of halogens is 4. The van der Waals surface area contributed by atoms with Crippen molar-refractivity contribution in [2.75, 3.05) is 11.6 Å². The molecule has 0 amide bonds. The van der Waals surface area contributed by atoms with Gasteiger partial charge in [0.15, 0.2) is 9.73 Å². The third-order valence-corrected chi connectivity index (χ3v) is 6.49. The first kappa shape index (κ1) is 17.3.